The van der Waals surface area contributed by atoms with Crippen LogP contribution >= 0.6 is 15.9 Å². The molecule has 1 heterocycles. The van der Waals surface area contributed by atoms with Gasteiger partial charge in [-0.05, 0) is 35.1 Å². The minimum atomic E-state index is -0.522. The Morgan fingerprint density at radius 2 is 1.95 bits per heavy atom. The number of halogens is 1. The van der Waals surface area contributed by atoms with Crippen LogP contribution in [0.5, 0.6) is 0 Å². The Hall–Kier alpha value is -2.15. The number of carbonyl (C=O) groups excluding carboxylic acids is 1. The SMILES string of the molecule is Cn1c(C(=O)Nc2ccc(CCBr)cc2)ccc1[N+](=O)[O-]. The van der Waals surface area contributed by atoms with Gasteiger partial charge in [0, 0.05) is 17.1 Å². The molecule has 2 aromatic rings. The number of rotatable bonds is 5. The summed E-state index contributed by atoms with van der Waals surface area (Å²) in [6, 6.07) is 10.2. The Morgan fingerprint density at radius 1 is 1.29 bits per heavy atom. The molecule has 2 rings (SSSR count). The van der Waals surface area contributed by atoms with E-state index < -0.39 is 4.92 Å². The summed E-state index contributed by atoms with van der Waals surface area (Å²) in [5.41, 5.74) is 2.06. The maximum atomic E-state index is 12.1. The first-order valence-corrected chi connectivity index (χ1v) is 7.41. The van der Waals surface area contributed by atoms with Crippen LogP contribution in [0.3, 0.4) is 0 Å². The summed E-state index contributed by atoms with van der Waals surface area (Å²) < 4.78 is 1.26. The molecule has 0 atom stereocenters. The van der Waals surface area contributed by atoms with E-state index in [0.29, 0.717) is 5.69 Å². The Bertz CT molecular complexity index is 665. The summed E-state index contributed by atoms with van der Waals surface area (Å²) in [5.74, 6) is -0.494. The summed E-state index contributed by atoms with van der Waals surface area (Å²) in [7, 11) is 1.49. The van der Waals surface area contributed by atoms with Crippen molar-refractivity contribution in [3.63, 3.8) is 0 Å². The average Bonchev–Trinajstić information content (AvgIpc) is 2.83. The molecule has 21 heavy (non-hydrogen) atoms. The second-order valence-corrected chi connectivity index (χ2v) is 5.28. The van der Waals surface area contributed by atoms with E-state index in [1.54, 1.807) is 0 Å². The molecular formula is C14H14BrN3O3. The van der Waals surface area contributed by atoms with Crippen molar-refractivity contribution in [1.82, 2.24) is 4.57 Å². The van der Waals surface area contributed by atoms with Gasteiger partial charge in [0.1, 0.15) is 0 Å². The molecule has 0 aliphatic heterocycles. The van der Waals surface area contributed by atoms with Crippen molar-refractivity contribution in [2.24, 2.45) is 7.05 Å². The van der Waals surface area contributed by atoms with Gasteiger partial charge in [0.25, 0.3) is 5.91 Å². The molecule has 110 valence electrons. The lowest BCUT2D eigenvalue weighted by atomic mass is 10.1. The normalized spacial score (nSPS) is 10.4. The number of nitro groups is 1. The van der Waals surface area contributed by atoms with Gasteiger partial charge in [-0.1, -0.05) is 28.1 Å². The van der Waals surface area contributed by atoms with E-state index in [1.165, 1.54) is 29.3 Å². The van der Waals surface area contributed by atoms with Gasteiger partial charge >= 0.3 is 5.82 Å². The van der Waals surface area contributed by atoms with E-state index in [2.05, 4.69) is 21.2 Å². The average molecular weight is 352 g/mol. The third-order valence-electron chi connectivity index (χ3n) is 3.11. The predicted octanol–water partition coefficient (Wildman–Crippen LogP) is 3.12. The maximum absolute atomic E-state index is 12.1. The van der Waals surface area contributed by atoms with Crippen LogP contribution in [-0.4, -0.2) is 20.7 Å². The highest BCUT2D eigenvalue weighted by Gasteiger charge is 2.20. The summed E-state index contributed by atoms with van der Waals surface area (Å²) >= 11 is 3.37. The number of alkyl halides is 1. The van der Waals surface area contributed by atoms with Crippen LogP contribution in [0.25, 0.3) is 0 Å². The third kappa shape index (κ3) is 3.49. The largest absolute Gasteiger partial charge is 0.358 e. The van der Waals surface area contributed by atoms with Crippen molar-refractivity contribution >= 4 is 33.3 Å². The van der Waals surface area contributed by atoms with E-state index in [9.17, 15) is 14.9 Å². The molecule has 0 fully saturated rings. The molecule has 1 N–H and O–H groups in total. The molecule has 0 aliphatic carbocycles. The first kappa shape index (κ1) is 15.2. The molecule has 0 aliphatic rings. The number of hydrogen-bond donors (Lipinski definition) is 1. The summed E-state index contributed by atoms with van der Waals surface area (Å²) in [6.07, 6.45) is 0.915. The first-order chi connectivity index (χ1) is 10.0. The molecule has 0 unspecified atom stereocenters. The van der Waals surface area contributed by atoms with Crippen LogP contribution in [0.15, 0.2) is 36.4 Å². The molecule has 7 heteroatoms. The standard InChI is InChI=1S/C14H14BrN3O3/c1-17-12(6-7-13(17)18(20)21)14(19)16-11-4-2-10(3-5-11)8-9-15/h2-7H,8-9H2,1H3,(H,16,19). The van der Waals surface area contributed by atoms with Crippen molar-refractivity contribution < 1.29 is 9.72 Å². The highest BCUT2D eigenvalue weighted by molar-refractivity contribution is 9.09. The Balaban J connectivity index is 2.12. The number of carbonyl (C=O) groups is 1. The van der Waals surface area contributed by atoms with Crippen LogP contribution in [0.1, 0.15) is 16.1 Å². The molecule has 0 bridgehead atoms. The Morgan fingerprint density at radius 3 is 2.48 bits per heavy atom. The number of anilines is 1. The van der Waals surface area contributed by atoms with Gasteiger partial charge in [-0.3, -0.25) is 4.79 Å². The predicted molar refractivity (Wildman–Crippen MR) is 84.0 cm³/mol. The summed E-state index contributed by atoms with van der Waals surface area (Å²) in [4.78, 5) is 22.4. The van der Waals surface area contributed by atoms with Gasteiger partial charge in [0.05, 0.1) is 7.05 Å². The minimum absolute atomic E-state index is 0.118. The Kier molecular flexibility index (Phi) is 4.74. The zero-order valence-corrected chi connectivity index (χ0v) is 13.0. The number of aromatic nitrogens is 1. The number of aryl methyl sites for hydroxylation is 1. The van der Waals surface area contributed by atoms with Crippen LogP contribution in [0.2, 0.25) is 0 Å². The monoisotopic (exact) mass is 351 g/mol. The van der Waals surface area contributed by atoms with Crippen LogP contribution in [0, 0.1) is 10.1 Å². The van der Waals surface area contributed by atoms with Crippen LogP contribution < -0.4 is 5.32 Å². The molecule has 0 saturated heterocycles. The van der Waals surface area contributed by atoms with Gasteiger partial charge in [0.2, 0.25) is 0 Å². The quantitative estimate of drug-likeness (QED) is 0.510. The number of nitrogens with zero attached hydrogens (tertiary/aromatic N) is 2. The smallest absolute Gasteiger partial charge is 0.323 e. The van der Waals surface area contributed by atoms with Crippen molar-refractivity contribution in [2.75, 3.05) is 10.6 Å². The second kappa shape index (κ2) is 6.53. The van der Waals surface area contributed by atoms with Crippen LogP contribution in [-0.2, 0) is 13.5 Å². The fourth-order valence-electron chi connectivity index (χ4n) is 1.97. The lowest BCUT2D eigenvalue weighted by molar-refractivity contribution is -0.391. The highest BCUT2D eigenvalue weighted by atomic mass is 79.9. The van der Waals surface area contributed by atoms with Crippen molar-refractivity contribution in [3.8, 4) is 0 Å². The first-order valence-electron chi connectivity index (χ1n) is 6.29. The molecule has 1 aromatic heterocycles. The molecule has 1 aromatic carbocycles. The summed E-state index contributed by atoms with van der Waals surface area (Å²) in [5, 5.41) is 14.4. The number of hydrogen-bond acceptors (Lipinski definition) is 3. The topological polar surface area (TPSA) is 77.2 Å². The van der Waals surface area contributed by atoms with Gasteiger partial charge in [-0.15, -0.1) is 0 Å². The van der Waals surface area contributed by atoms with Crippen molar-refractivity contribution in [1.29, 1.82) is 0 Å². The number of nitrogens with one attached hydrogen (secondary N) is 1. The van der Waals surface area contributed by atoms with E-state index in [0.717, 1.165) is 11.8 Å². The molecular weight excluding hydrogens is 338 g/mol. The second-order valence-electron chi connectivity index (χ2n) is 4.48. The molecule has 0 radical (unpaired) electrons. The molecule has 1 amide bonds. The number of benzene rings is 1. The minimum Gasteiger partial charge on any atom is -0.358 e. The zero-order chi connectivity index (χ0) is 15.4. The zero-order valence-electron chi connectivity index (χ0n) is 11.4. The van der Waals surface area contributed by atoms with Gasteiger partial charge in [-0.25, -0.2) is 4.57 Å². The highest BCUT2D eigenvalue weighted by Crippen LogP contribution is 2.17. The van der Waals surface area contributed by atoms with Crippen molar-refractivity contribution in [3.05, 3.63) is 57.8 Å². The summed E-state index contributed by atoms with van der Waals surface area (Å²) in [6.45, 7) is 0. The van der Waals surface area contributed by atoms with Crippen molar-refractivity contribution in [2.45, 2.75) is 6.42 Å². The fourth-order valence-corrected chi connectivity index (χ4v) is 2.43. The maximum Gasteiger partial charge on any atom is 0.323 e. The van der Waals surface area contributed by atoms with Gasteiger partial charge in [-0.2, -0.15) is 0 Å². The molecule has 6 nitrogen and oxygen atoms in total. The molecule has 0 saturated carbocycles. The van der Waals surface area contributed by atoms with Gasteiger partial charge in [0.15, 0.2) is 5.69 Å². The third-order valence-corrected chi connectivity index (χ3v) is 3.51. The molecule has 0 spiro atoms. The van der Waals surface area contributed by atoms with Gasteiger partial charge < -0.3 is 15.4 Å². The fraction of sp³-hybridized carbons (Fsp3) is 0.214. The Labute approximate surface area is 130 Å². The van der Waals surface area contributed by atoms with E-state index in [4.69, 9.17) is 0 Å². The number of amides is 1. The lowest BCUT2D eigenvalue weighted by Crippen LogP contribution is -2.16. The van der Waals surface area contributed by atoms with E-state index in [1.807, 2.05) is 24.3 Å². The lowest BCUT2D eigenvalue weighted by Gasteiger charge is -2.05. The van der Waals surface area contributed by atoms with Crippen LogP contribution in [0.4, 0.5) is 11.5 Å². The van der Waals surface area contributed by atoms with E-state index in [-0.39, 0.29) is 17.4 Å². The van der Waals surface area contributed by atoms with E-state index >= 15 is 0 Å².